The molecule has 0 spiro atoms. The van der Waals surface area contributed by atoms with Crippen LogP contribution in [0, 0.1) is 5.82 Å². The molecule has 0 saturated heterocycles. The number of aromatic nitrogens is 3. The van der Waals surface area contributed by atoms with Gasteiger partial charge in [0.1, 0.15) is 24.1 Å². The zero-order valence-electron chi connectivity index (χ0n) is 15.5. The molecule has 1 atom stereocenters. The molecule has 0 saturated carbocycles. The summed E-state index contributed by atoms with van der Waals surface area (Å²) in [6.07, 6.45) is 2.50. The van der Waals surface area contributed by atoms with E-state index >= 15 is 0 Å². The van der Waals surface area contributed by atoms with Gasteiger partial charge in [-0.3, -0.25) is 4.79 Å². The minimum atomic E-state index is -0.517. The van der Waals surface area contributed by atoms with Crippen LogP contribution < -0.4 is 0 Å². The maximum Gasteiger partial charge on any atom is 0.224 e. The molecule has 7 nitrogen and oxygen atoms in total. The minimum Gasteiger partial charge on any atom is -0.504 e. The monoisotopic (exact) mass is 385 g/mol. The summed E-state index contributed by atoms with van der Waals surface area (Å²) in [5, 5.41) is 14.2. The first-order valence-corrected chi connectivity index (χ1v) is 8.77. The lowest BCUT2D eigenvalue weighted by Gasteiger charge is -2.10. The molecule has 2 heterocycles. The Morgan fingerprint density at radius 3 is 2.79 bits per heavy atom. The summed E-state index contributed by atoms with van der Waals surface area (Å²) in [5.41, 5.74) is 0.853. The number of halogens is 1. The molecule has 0 bridgehead atoms. The van der Waals surface area contributed by atoms with E-state index in [1.54, 1.807) is 25.1 Å². The number of aliphatic hydroxyl groups is 1. The highest BCUT2D eigenvalue weighted by Crippen LogP contribution is 2.16. The molecule has 0 aliphatic heterocycles. The van der Waals surface area contributed by atoms with Crippen molar-refractivity contribution in [1.29, 1.82) is 0 Å². The van der Waals surface area contributed by atoms with Crippen LogP contribution in [0.5, 0.6) is 0 Å². The quantitative estimate of drug-likeness (QED) is 0.359. The van der Waals surface area contributed by atoms with Gasteiger partial charge in [0, 0.05) is 19.1 Å². The van der Waals surface area contributed by atoms with E-state index in [2.05, 4.69) is 10.1 Å². The van der Waals surface area contributed by atoms with Crippen LogP contribution in [0.3, 0.4) is 0 Å². The summed E-state index contributed by atoms with van der Waals surface area (Å²) in [7, 11) is 0. The molecule has 0 aliphatic carbocycles. The zero-order chi connectivity index (χ0) is 20.1. The molecule has 0 amide bonds. The van der Waals surface area contributed by atoms with Crippen LogP contribution in [0.4, 0.5) is 4.39 Å². The van der Waals surface area contributed by atoms with Gasteiger partial charge in [0.15, 0.2) is 11.5 Å². The number of carbonyl (C=O) groups excluding carboxylic acids is 1. The summed E-state index contributed by atoms with van der Waals surface area (Å²) in [6.45, 7) is 4.16. The van der Waals surface area contributed by atoms with Crippen LogP contribution in [0.25, 0.3) is 5.76 Å². The van der Waals surface area contributed by atoms with Crippen molar-refractivity contribution in [1.82, 2.24) is 14.8 Å². The predicted molar refractivity (Wildman–Crippen MR) is 99.2 cm³/mol. The van der Waals surface area contributed by atoms with Gasteiger partial charge in [-0.15, -0.1) is 5.10 Å². The molecular weight excluding hydrogens is 365 g/mol. The third-order valence-electron chi connectivity index (χ3n) is 3.98. The summed E-state index contributed by atoms with van der Waals surface area (Å²) in [6, 6.07) is 9.21. The van der Waals surface area contributed by atoms with Gasteiger partial charge in [-0.25, -0.2) is 14.1 Å². The Balaban J connectivity index is 1.68. The second-order valence-electron chi connectivity index (χ2n) is 6.07. The van der Waals surface area contributed by atoms with Crippen LogP contribution in [-0.4, -0.2) is 32.3 Å². The first-order valence-electron chi connectivity index (χ1n) is 8.77. The Bertz CT molecular complexity index is 976. The van der Waals surface area contributed by atoms with Crippen molar-refractivity contribution in [2.45, 2.75) is 26.5 Å². The van der Waals surface area contributed by atoms with E-state index in [0.29, 0.717) is 18.8 Å². The molecule has 2 aromatic heterocycles. The number of ether oxygens (including phenoxy) is 1. The van der Waals surface area contributed by atoms with E-state index in [0.717, 1.165) is 11.6 Å². The molecule has 28 heavy (non-hydrogen) atoms. The fourth-order valence-corrected chi connectivity index (χ4v) is 2.55. The first kappa shape index (κ1) is 19.5. The number of nitrogens with zero attached hydrogens (tertiary/aromatic N) is 3. The number of hydrogen-bond acceptors (Lipinski definition) is 6. The maximum absolute atomic E-state index is 13.0. The summed E-state index contributed by atoms with van der Waals surface area (Å²) < 4.78 is 25.3. The topological polar surface area (TPSA) is 90.4 Å². The van der Waals surface area contributed by atoms with Gasteiger partial charge < -0.3 is 14.3 Å². The largest absolute Gasteiger partial charge is 0.504 e. The van der Waals surface area contributed by atoms with Crippen molar-refractivity contribution in [2.24, 2.45) is 0 Å². The van der Waals surface area contributed by atoms with Crippen molar-refractivity contribution >= 4 is 11.5 Å². The Hall–Kier alpha value is -3.26. The normalized spacial score (nSPS) is 12.9. The van der Waals surface area contributed by atoms with Gasteiger partial charge in [-0.2, -0.15) is 0 Å². The SMILES string of the molecule is CCOC(C)n1cnc(C(O)=CC(=O)c2ccc(Cc3ccc(F)cc3)o2)n1. The van der Waals surface area contributed by atoms with Gasteiger partial charge >= 0.3 is 0 Å². The predicted octanol–water partition coefficient (Wildman–Crippen LogP) is 3.94. The van der Waals surface area contributed by atoms with Gasteiger partial charge in [-0.05, 0) is 43.7 Å². The third-order valence-corrected chi connectivity index (χ3v) is 3.98. The number of ketones is 1. The van der Waals surface area contributed by atoms with E-state index in [1.807, 2.05) is 6.92 Å². The second kappa shape index (κ2) is 8.62. The Labute approximate surface area is 161 Å². The number of aliphatic hydroxyl groups excluding tert-OH is 1. The minimum absolute atomic E-state index is 0.0120. The highest BCUT2D eigenvalue weighted by atomic mass is 19.1. The highest BCUT2D eigenvalue weighted by molar-refractivity contribution is 6.05. The van der Waals surface area contributed by atoms with E-state index < -0.39 is 5.78 Å². The van der Waals surface area contributed by atoms with E-state index in [4.69, 9.17) is 9.15 Å². The molecule has 0 aliphatic rings. The highest BCUT2D eigenvalue weighted by Gasteiger charge is 2.15. The first-order chi connectivity index (χ1) is 13.5. The molecule has 8 heteroatoms. The van der Waals surface area contributed by atoms with Crippen molar-refractivity contribution in [3.8, 4) is 0 Å². The van der Waals surface area contributed by atoms with Gasteiger partial charge in [0.25, 0.3) is 0 Å². The fraction of sp³-hybridized carbons (Fsp3) is 0.250. The molecule has 1 N–H and O–H groups in total. The number of hydrogen-bond donors (Lipinski definition) is 1. The lowest BCUT2D eigenvalue weighted by atomic mass is 10.1. The van der Waals surface area contributed by atoms with Gasteiger partial charge in [-0.1, -0.05) is 12.1 Å². The standard InChI is InChI=1S/C20H20FN3O4/c1-3-27-13(2)24-12-22-20(23-24)18(26)11-17(25)19-9-8-16(28-19)10-14-4-6-15(21)7-5-14/h4-9,11-13,26H,3,10H2,1-2H3. The fourth-order valence-electron chi connectivity index (χ4n) is 2.55. The average Bonchev–Trinajstić information content (AvgIpc) is 3.33. The van der Waals surface area contributed by atoms with E-state index in [-0.39, 0.29) is 29.4 Å². The van der Waals surface area contributed by atoms with E-state index in [1.165, 1.54) is 29.2 Å². The number of allylic oxidation sites excluding steroid dienone is 1. The van der Waals surface area contributed by atoms with Crippen LogP contribution >= 0.6 is 0 Å². The summed E-state index contributed by atoms with van der Waals surface area (Å²) in [5.74, 6) is -0.563. The van der Waals surface area contributed by atoms with Crippen LogP contribution in [0.15, 0.2) is 53.2 Å². The molecule has 146 valence electrons. The number of rotatable bonds is 8. The third kappa shape index (κ3) is 4.72. The van der Waals surface area contributed by atoms with Crippen molar-refractivity contribution in [3.63, 3.8) is 0 Å². The number of benzene rings is 1. The molecule has 1 unspecified atom stereocenters. The summed E-state index contributed by atoms with van der Waals surface area (Å²) in [4.78, 5) is 16.3. The summed E-state index contributed by atoms with van der Waals surface area (Å²) >= 11 is 0. The molecular formula is C20H20FN3O4. The van der Waals surface area contributed by atoms with Gasteiger partial charge in [0.2, 0.25) is 11.6 Å². The van der Waals surface area contributed by atoms with Crippen molar-refractivity contribution in [3.05, 3.63) is 77.5 Å². The molecule has 3 rings (SSSR count). The molecule has 0 radical (unpaired) electrons. The Morgan fingerprint density at radius 2 is 2.07 bits per heavy atom. The average molecular weight is 385 g/mol. The smallest absolute Gasteiger partial charge is 0.224 e. The molecule has 3 aromatic rings. The lowest BCUT2D eigenvalue weighted by molar-refractivity contribution is 0.0156. The van der Waals surface area contributed by atoms with Crippen molar-refractivity contribution in [2.75, 3.05) is 6.61 Å². The zero-order valence-corrected chi connectivity index (χ0v) is 15.5. The van der Waals surface area contributed by atoms with Gasteiger partial charge in [0.05, 0.1) is 0 Å². The number of carbonyl (C=O) groups is 1. The number of furan rings is 1. The lowest BCUT2D eigenvalue weighted by Crippen LogP contribution is -2.10. The maximum atomic E-state index is 13.0. The Kier molecular flexibility index (Phi) is 6.00. The Morgan fingerprint density at radius 1 is 1.32 bits per heavy atom. The molecule has 0 fully saturated rings. The van der Waals surface area contributed by atoms with Crippen LogP contribution in [0.2, 0.25) is 0 Å². The second-order valence-corrected chi connectivity index (χ2v) is 6.07. The molecule has 1 aromatic carbocycles. The van der Waals surface area contributed by atoms with Crippen molar-refractivity contribution < 1.29 is 23.4 Å². The van der Waals surface area contributed by atoms with Crippen LogP contribution in [0.1, 0.15) is 47.8 Å². The van der Waals surface area contributed by atoms with Crippen LogP contribution in [-0.2, 0) is 11.2 Å². The van der Waals surface area contributed by atoms with E-state index in [9.17, 15) is 14.3 Å².